The number of hydrogen-bond acceptors (Lipinski definition) is 4. The molecule has 0 saturated carbocycles. The molecule has 0 aliphatic carbocycles. The fraction of sp³-hybridized carbons (Fsp3) is 0. The maximum atomic E-state index is 12.1. The molecule has 0 bridgehead atoms. The number of benzene rings is 2. The first-order valence-electron chi connectivity index (χ1n) is 7.73. The van der Waals surface area contributed by atoms with Gasteiger partial charge in [-0.3, -0.25) is 4.79 Å². The highest BCUT2D eigenvalue weighted by Gasteiger charge is 2.02. The van der Waals surface area contributed by atoms with Crippen LogP contribution in [-0.4, -0.2) is 20.7 Å². The van der Waals surface area contributed by atoms with Crippen LogP contribution in [0.2, 0.25) is 0 Å². The Kier molecular flexibility index (Phi) is 4.10. The standard InChI is InChI=1S/C19H14N4OS/c24-18(10-11-19-22-16-4-1-2-5-17(16)25-19)21-14-6-8-15(9-7-14)23-13-3-12-20-23/h1-13H,(H,21,24)/b11-10+. The molecule has 0 saturated heterocycles. The quantitative estimate of drug-likeness (QED) is 0.565. The fourth-order valence-corrected chi connectivity index (χ4v) is 3.28. The molecular weight excluding hydrogens is 332 g/mol. The highest BCUT2D eigenvalue weighted by atomic mass is 32.1. The number of fused-ring (bicyclic) bond motifs is 1. The van der Waals surface area contributed by atoms with Crippen molar-refractivity contribution in [1.82, 2.24) is 14.8 Å². The molecule has 0 radical (unpaired) electrons. The van der Waals surface area contributed by atoms with E-state index in [4.69, 9.17) is 0 Å². The van der Waals surface area contributed by atoms with E-state index in [1.165, 1.54) is 6.08 Å². The molecule has 2 aromatic carbocycles. The fourth-order valence-electron chi connectivity index (χ4n) is 2.41. The molecule has 122 valence electrons. The van der Waals surface area contributed by atoms with Crippen LogP contribution in [0.25, 0.3) is 22.0 Å². The van der Waals surface area contributed by atoms with Crippen LogP contribution < -0.4 is 5.32 Å². The van der Waals surface area contributed by atoms with E-state index in [2.05, 4.69) is 15.4 Å². The third-order valence-electron chi connectivity index (χ3n) is 3.59. The van der Waals surface area contributed by atoms with Gasteiger partial charge < -0.3 is 5.32 Å². The molecule has 0 unspecified atom stereocenters. The van der Waals surface area contributed by atoms with Gasteiger partial charge in [0.2, 0.25) is 5.91 Å². The summed E-state index contributed by atoms with van der Waals surface area (Å²) in [5.41, 5.74) is 2.62. The van der Waals surface area contributed by atoms with Crippen molar-refractivity contribution in [3.63, 3.8) is 0 Å². The van der Waals surface area contributed by atoms with Crippen molar-refractivity contribution in [2.45, 2.75) is 0 Å². The molecule has 2 aromatic heterocycles. The Morgan fingerprint density at radius 3 is 2.68 bits per heavy atom. The number of nitrogens with one attached hydrogen (secondary N) is 1. The molecular formula is C19H14N4OS. The summed E-state index contributed by atoms with van der Waals surface area (Å²) in [6.45, 7) is 0. The number of anilines is 1. The number of thiazole rings is 1. The van der Waals surface area contributed by atoms with E-state index in [0.717, 1.165) is 26.6 Å². The van der Waals surface area contributed by atoms with Gasteiger partial charge in [-0.1, -0.05) is 12.1 Å². The Balaban J connectivity index is 1.43. The molecule has 2 heterocycles. The molecule has 0 fully saturated rings. The summed E-state index contributed by atoms with van der Waals surface area (Å²) in [4.78, 5) is 16.5. The van der Waals surface area contributed by atoms with Gasteiger partial charge in [-0.15, -0.1) is 11.3 Å². The minimum Gasteiger partial charge on any atom is -0.323 e. The zero-order chi connectivity index (χ0) is 17.1. The normalized spacial score (nSPS) is 11.2. The van der Waals surface area contributed by atoms with Gasteiger partial charge in [0.25, 0.3) is 0 Å². The molecule has 0 spiro atoms. The average Bonchev–Trinajstić information content (AvgIpc) is 3.30. The lowest BCUT2D eigenvalue weighted by atomic mass is 10.3. The highest BCUT2D eigenvalue weighted by molar-refractivity contribution is 7.19. The predicted molar refractivity (Wildman–Crippen MR) is 101 cm³/mol. The van der Waals surface area contributed by atoms with Crippen LogP contribution in [0, 0.1) is 0 Å². The van der Waals surface area contributed by atoms with Crippen molar-refractivity contribution in [2.24, 2.45) is 0 Å². The molecule has 4 rings (SSSR count). The lowest BCUT2D eigenvalue weighted by molar-refractivity contribution is -0.111. The van der Waals surface area contributed by atoms with Gasteiger partial charge in [0.05, 0.1) is 15.9 Å². The Morgan fingerprint density at radius 2 is 1.92 bits per heavy atom. The summed E-state index contributed by atoms with van der Waals surface area (Å²) in [6, 6.07) is 17.3. The van der Waals surface area contributed by atoms with Crippen molar-refractivity contribution in [3.05, 3.63) is 78.1 Å². The Labute approximate surface area is 148 Å². The van der Waals surface area contributed by atoms with Crippen LogP contribution in [0.15, 0.2) is 73.1 Å². The third kappa shape index (κ3) is 3.49. The minimum absolute atomic E-state index is 0.189. The summed E-state index contributed by atoms with van der Waals surface area (Å²) in [5, 5.41) is 7.82. The van der Waals surface area contributed by atoms with Gasteiger partial charge >= 0.3 is 0 Å². The van der Waals surface area contributed by atoms with E-state index < -0.39 is 0 Å². The molecule has 1 N–H and O–H groups in total. The van der Waals surface area contributed by atoms with Crippen LogP contribution in [0.5, 0.6) is 0 Å². The topological polar surface area (TPSA) is 59.8 Å². The first kappa shape index (κ1) is 15.3. The maximum absolute atomic E-state index is 12.1. The zero-order valence-electron chi connectivity index (χ0n) is 13.2. The van der Waals surface area contributed by atoms with Crippen LogP contribution in [-0.2, 0) is 4.79 Å². The van der Waals surface area contributed by atoms with E-state index in [-0.39, 0.29) is 5.91 Å². The Bertz CT molecular complexity index is 1000. The number of carbonyl (C=O) groups is 1. The van der Waals surface area contributed by atoms with Gasteiger partial charge in [0.1, 0.15) is 5.01 Å². The van der Waals surface area contributed by atoms with Crippen molar-refractivity contribution in [3.8, 4) is 5.69 Å². The number of para-hydroxylation sites is 1. The second-order valence-electron chi connectivity index (χ2n) is 5.34. The summed E-state index contributed by atoms with van der Waals surface area (Å²) >= 11 is 1.56. The smallest absolute Gasteiger partial charge is 0.248 e. The van der Waals surface area contributed by atoms with Crippen LogP contribution in [0.3, 0.4) is 0 Å². The van der Waals surface area contributed by atoms with Crippen molar-refractivity contribution in [1.29, 1.82) is 0 Å². The van der Waals surface area contributed by atoms with Crippen LogP contribution in [0.1, 0.15) is 5.01 Å². The number of nitrogens with zero attached hydrogens (tertiary/aromatic N) is 3. The van der Waals surface area contributed by atoms with E-state index >= 15 is 0 Å². The third-order valence-corrected chi connectivity index (χ3v) is 4.59. The molecule has 0 aliphatic rings. The van der Waals surface area contributed by atoms with E-state index in [1.807, 2.05) is 60.8 Å². The van der Waals surface area contributed by atoms with Gasteiger partial charge in [-0.2, -0.15) is 5.10 Å². The second kappa shape index (κ2) is 6.70. The van der Waals surface area contributed by atoms with Crippen LogP contribution >= 0.6 is 11.3 Å². The van der Waals surface area contributed by atoms with Crippen LogP contribution in [0.4, 0.5) is 5.69 Å². The summed E-state index contributed by atoms with van der Waals surface area (Å²) < 4.78 is 2.87. The van der Waals surface area contributed by atoms with E-state index in [9.17, 15) is 4.79 Å². The van der Waals surface area contributed by atoms with Gasteiger partial charge in [-0.05, 0) is 48.5 Å². The summed E-state index contributed by atoms with van der Waals surface area (Å²) in [5.74, 6) is -0.189. The van der Waals surface area contributed by atoms with Crippen molar-refractivity contribution in [2.75, 3.05) is 5.32 Å². The Hall–Kier alpha value is -3.25. The molecule has 25 heavy (non-hydrogen) atoms. The predicted octanol–water partition coefficient (Wildman–Crippen LogP) is 4.13. The lowest BCUT2D eigenvalue weighted by Crippen LogP contribution is -2.07. The van der Waals surface area contributed by atoms with Gasteiger partial charge in [-0.25, -0.2) is 9.67 Å². The molecule has 0 aliphatic heterocycles. The first-order valence-corrected chi connectivity index (χ1v) is 8.54. The van der Waals surface area contributed by atoms with E-state index in [0.29, 0.717) is 0 Å². The molecule has 5 nitrogen and oxygen atoms in total. The van der Waals surface area contributed by atoms with Gasteiger partial charge in [0.15, 0.2) is 0 Å². The zero-order valence-corrected chi connectivity index (χ0v) is 14.0. The van der Waals surface area contributed by atoms with E-state index in [1.54, 1.807) is 28.3 Å². The SMILES string of the molecule is O=C(/C=C/c1nc2ccccc2s1)Nc1ccc(-n2cccn2)cc1. The van der Waals surface area contributed by atoms with Gasteiger partial charge in [0, 0.05) is 24.2 Å². The largest absolute Gasteiger partial charge is 0.323 e. The number of aromatic nitrogens is 3. The first-order chi connectivity index (χ1) is 12.3. The summed E-state index contributed by atoms with van der Waals surface area (Å²) in [7, 11) is 0. The number of amides is 1. The van der Waals surface area contributed by atoms with Crippen molar-refractivity contribution >= 4 is 39.2 Å². The molecule has 0 atom stereocenters. The highest BCUT2D eigenvalue weighted by Crippen LogP contribution is 2.22. The molecule has 1 amide bonds. The second-order valence-corrected chi connectivity index (χ2v) is 6.40. The molecule has 4 aromatic rings. The lowest BCUT2D eigenvalue weighted by Gasteiger charge is -2.04. The Morgan fingerprint density at radius 1 is 1.08 bits per heavy atom. The average molecular weight is 346 g/mol. The number of hydrogen-bond donors (Lipinski definition) is 1. The minimum atomic E-state index is -0.189. The van der Waals surface area contributed by atoms with Crippen molar-refractivity contribution < 1.29 is 4.79 Å². The molecule has 6 heteroatoms. The maximum Gasteiger partial charge on any atom is 0.248 e. The number of carbonyl (C=O) groups excluding carboxylic acids is 1. The monoisotopic (exact) mass is 346 g/mol. The summed E-state index contributed by atoms with van der Waals surface area (Å²) in [6.07, 6.45) is 6.83. The number of rotatable bonds is 4.